The van der Waals surface area contributed by atoms with Gasteiger partial charge in [-0.05, 0) is 41.5 Å². The number of aromatic carboxylic acids is 1. The van der Waals surface area contributed by atoms with Crippen molar-refractivity contribution >= 4 is 47.2 Å². The number of urea groups is 1. The molecular formula is C18H12Cl2N2O5. The predicted octanol–water partition coefficient (Wildman–Crippen LogP) is 3.45. The molecule has 0 unspecified atom stereocenters. The van der Waals surface area contributed by atoms with E-state index in [1.165, 1.54) is 18.2 Å². The SMILES string of the molecule is O=C1NC(=O)/C(=C\c2cc(Cl)c(OCc3ccc(C(=O)O)cc3)c(Cl)c2)N1. The second kappa shape index (κ2) is 7.69. The summed E-state index contributed by atoms with van der Waals surface area (Å²) in [6.07, 6.45) is 1.44. The van der Waals surface area contributed by atoms with Crippen LogP contribution in [0.4, 0.5) is 4.79 Å². The number of carboxylic acids is 1. The van der Waals surface area contributed by atoms with Crippen molar-refractivity contribution in [1.82, 2.24) is 10.6 Å². The summed E-state index contributed by atoms with van der Waals surface area (Å²) >= 11 is 12.4. The average Bonchev–Trinajstić information content (AvgIpc) is 2.91. The fraction of sp³-hybridized carbons (Fsp3) is 0.0556. The Morgan fingerprint density at radius 2 is 1.70 bits per heavy atom. The molecule has 0 aliphatic carbocycles. The minimum absolute atomic E-state index is 0.0827. The number of hydrogen-bond donors (Lipinski definition) is 3. The molecule has 9 heteroatoms. The number of rotatable bonds is 5. The summed E-state index contributed by atoms with van der Waals surface area (Å²) in [6.45, 7) is 0.137. The van der Waals surface area contributed by atoms with E-state index in [0.717, 1.165) is 5.56 Å². The van der Waals surface area contributed by atoms with Crippen molar-refractivity contribution in [1.29, 1.82) is 0 Å². The molecule has 3 amide bonds. The van der Waals surface area contributed by atoms with Gasteiger partial charge in [-0.1, -0.05) is 35.3 Å². The molecule has 1 saturated heterocycles. The van der Waals surface area contributed by atoms with Crippen LogP contribution in [0, 0.1) is 0 Å². The molecule has 0 bridgehead atoms. The summed E-state index contributed by atoms with van der Waals surface area (Å²) in [4.78, 5) is 33.5. The number of halogens is 2. The largest absolute Gasteiger partial charge is 0.486 e. The van der Waals surface area contributed by atoms with Crippen molar-refractivity contribution < 1.29 is 24.2 Å². The zero-order chi connectivity index (χ0) is 19.6. The summed E-state index contributed by atoms with van der Waals surface area (Å²) in [6, 6.07) is 8.69. The Bertz CT molecular complexity index is 947. The van der Waals surface area contributed by atoms with Gasteiger partial charge in [0.2, 0.25) is 0 Å². The third kappa shape index (κ3) is 4.39. The van der Waals surface area contributed by atoms with E-state index >= 15 is 0 Å². The van der Waals surface area contributed by atoms with Crippen molar-refractivity contribution in [2.75, 3.05) is 0 Å². The van der Waals surface area contributed by atoms with Crippen molar-refractivity contribution in [3.05, 3.63) is 68.8 Å². The van der Waals surface area contributed by atoms with Crippen LogP contribution >= 0.6 is 23.2 Å². The second-order valence-corrected chi connectivity index (χ2v) is 6.39. The van der Waals surface area contributed by atoms with Crippen LogP contribution in [0.15, 0.2) is 42.1 Å². The molecule has 27 heavy (non-hydrogen) atoms. The Hall–Kier alpha value is -3.03. The number of amides is 3. The van der Waals surface area contributed by atoms with Gasteiger partial charge < -0.3 is 15.2 Å². The highest BCUT2D eigenvalue weighted by atomic mass is 35.5. The molecule has 3 rings (SSSR count). The van der Waals surface area contributed by atoms with E-state index in [0.29, 0.717) is 5.56 Å². The van der Waals surface area contributed by atoms with Gasteiger partial charge in [-0.2, -0.15) is 0 Å². The smallest absolute Gasteiger partial charge is 0.335 e. The van der Waals surface area contributed by atoms with Gasteiger partial charge >= 0.3 is 12.0 Å². The first-order valence-corrected chi connectivity index (χ1v) is 8.37. The topological polar surface area (TPSA) is 105 Å². The van der Waals surface area contributed by atoms with Crippen molar-refractivity contribution in [2.45, 2.75) is 6.61 Å². The van der Waals surface area contributed by atoms with Gasteiger partial charge in [0.25, 0.3) is 5.91 Å². The Morgan fingerprint density at radius 3 is 2.22 bits per heavy atom. The fourth-order valence-electron chi connectivity index (χ4n) is 2.35. The molecule has 138 valence electrons. The van der Waals surface area contributed by atoms with Gasteiger partial charge in [-0.25, -0.2) is 9.59 Å². The molecule has 1 fully saturated rings. The Labute approximate surface area is 163 Å². The van der Waals surface area contributed by atoms with E-state index in [4.69, 9.17) is 33.0 Å². The lowest BCUT2D eigenvalue weighted by molar-refractivity contribution is -0.115. The summed E-state index contributed by atoms with van der Waals surface area (Å²) < 4.78 is 5.64. The number of benzene rings is 2. The molecule has 3 N–H and O–H groups in total. The number of carbonyl (C=O) groups excluding carboxylic acids is 2. The monoisotopic (exact) mass is 406 g/mol. The van der Waals surface area contributed by atoms with E-state index in [9.17, 15) is 14.4 Å². The Kier molecular flexibility index (Phi) is 5.34. The Morgan fingerprint density at radius 1 is 1.07 bits per heavy atom. The molecule has 7 nitrogen and oxygen atoms in total. The fourth-order valence-corrected chi connectivity index (χ4v) is 2.96. The summed E-state index contributed by atoms with van der Waals surface area (Å²) in [7, 11) is 0. The van der Waals surface area contributed by atoms with E-state index in [1.54, 1.807) is 24.3 Å². The lowest BCUT2D eigenvalue weighted by atomic mass is 10.1. The maximum absolute atomic E-state index is 11.6. The molecule has 0 radical (unpaired) electrons. The zero-order valence-electron chi connectivity index (χ0n) is 13.6. The maximum atomic E-state index is 11.6. The molecular weight excluding hydrogens is 395 g/mol. The molecule has 0 aromatic heterocycles. The van der Waals surface area contributed by atoms with Crippen LogP contribution in [-0.4, -0.2) is 23.0 Å². The molecule has 2 aromatic carbocycles. The summed E-state index contributed by atoms with van der Waals surface area (Å²) in [5.41, 5.74) is 1.51. The van der Waals surface area contributed by atoms with Crippen LogP contribution in [-0.2, 0) is 11.4 Å². The highest BCUT2D eigenvalue weighted by molar-refractivity contribution is 6.37. The molecule has 0 saturated carbocycles. The van der Waals surface area contributed by atoms with Crippen LogP contribution < -0.4 is 15.4 Å². The van der Waals surface area contributed by atoms with Gasteiger partial charge in [0.15, 0.2) is 5.75 Å². The molecule has 1 heterocycles. The average molecular weight is 407 g/mol. The predicted molar refractivity (Wildman–Crippen MR) is 98.8 cm³/mol. The van der Waals surface area contributed by atoms with Crippen LogP contribution in [0.1, 0.15) is 21.5 Å². The zero-order valence-corrected chi connectivity index (χ0v) is 15.1. The normalized spacial score (nSPS) is 14.8. The first kappa shape index (κ1) is 18.8. The minimum Gasteiger partial charge on any atom is -0.486 e. The third-order valence-corrected chi connectivity index (χ3v) is 4.20. The van der Waals surface area contributed by atoms with Crippen molar-refractivity contribution in [3.63, 3.8) is 0 Å². The van der Waals surface area contributed by atoms with Gasteiger partial charge in [-0.15, -0.1) is 0 Å². The van der Waals surface area contributed by atoms with Crippen LogP contribution in [0.5, 0.6) is 5.75 Å². The number of hydrogen-bond acceptors (Lipinski definition) is 4. The third-order valence-electron chi connectivity index (χ3n) is 3.64. The van der Waals surface area contributed by atoms with Gasteiger partial charge in [0.05, 0.1) is 15.6 Å². The first-order valence-electron chi connectivity index (χ1n) is 7.61. The lowest BCUT2D eigenvalue weighted by Crippen LogP contribution is -2.22. The summed E-state index contributed by atoms with van der Waals surface area (Å²) in [5.74, 6) is -1.30. The van der Waals surface area contributed by atoms with Gasteiger partial charge in [-0.3, -0.25) is 10.1 Å². The standard InChI is InChI=1S/C18H12Cl2N2O5/c19-12-5-10(7-14-16(23)22-18(26)21-14)6-13(20)15(12)27-8-9-1-3-11(4-2-9)17(24)25/h1-7H,8H2,(H,24,25)(H2,21,22,23,26)/b14-7+. The van der Waals surface area contributed by atoms with E-state index in [2.05, 4.69) is 10.6 Å². The quantitative estimate of drug-likeness (QED) is 0.520. The number of ether oxygens (including phenoxy) is 1. The molecule has 1 aliphatic heterocycles. The molecule has 2 aromatic rings. The van der Waals surface area contributed by atoms with Gasteiger partial charge in [0, 0.05) is 0 Å². The van der Waals surface area contributed by atoms with Crippen molar-refractivity contribution in [3.8, 4) is 5.75 Å². The van der Waals surface area contributed by atoms with E-state index < -0.39 is 17.9 Å². The van der Waals surface area contributed by atoms with Gasteiger partial charge in [0.1, 0.15) is 12.3 Å². The first-order chi connectivity index (χ1) is 12.8. The Balaban J connectivity index is 1.75. The maximum Gasteiger partial charge on any atom is 0.335 e. The molecule has 1 aliphatic rings. The highest BCUT2D eigenvalue weighted by Crippen LogP contribution is 2.35. The second-order valence-electron chi connectivity index (χ2n) is 5.57. The van der Waals surface area contributed by atoms with Crippen LogP contribution in [0.25, 0.3) is 6.08 Å². The highest BCUT2D eigenvalue weighted by Gasteiger charge is 2.23. The number of nitrogens with one attached hydrogen (secondary N) is 2. The van der Waals surface area contributed by atoms with Crippen LogP contribution in [0.2, 0.25) is 10.0 Å². The summed E-state index contributed by atoms with van der Waals surface area (Å²) in [5, 5.41) is 13.8. The van der Waals surface area contributed by atoms with E-state index in [-0.39, 0.29) is 33.7 Å². The van der Waals surface area contributed by atoms with E-state index in [1.807, 2.05) is 0 Å². The molecule has 0 spiro atoms. The van der Waals surface area contributed by atoms with Crippen molar-refractivity contribution in [2.24, 2.45) is 0 Å². The lowest BCUT2D eigenvalue weighted by Gasteiger charge is -2.11. The van der Waals surface area contributed by atoms with Crippen LogP contribution in [0.3, 0.4) is 0 Å². The molecule has 0 atom stereocenters. The minimum atomic E-state index is -1.01. The number of carbonyl (C=O) groups is 3. The number of carboxylic acid groups (broad SMARTS) is 1. The number of imide groups is 1.